The van der Waals surface area contributed by atoms with Crippen LogP contribution in [-0.2, 0) is 11.2 Å². The summed E-state index contributed by atoms with van der Waals surface area (Å²) in [6.07, 6.45) is 0.889. The van der Waals surface area contributed by atoms with Crippen LogP contribution in [0.3, 0.4) is 0 Å². The maximum atomic E-state index is 12.0. The molecule has 5 nitrogen and oxygen atoms in total. The third-order valence-corrected chi connectivity index (χ3v) is 3.39. The quantitative estimate of drug-likeness (QED) is 0.674. The molecule has 0 atom stereocenters. The Hall–Kier alpha value is -2.69. The minimum absolute atomic E-state index is 0.0799. The van der Waals surface area contributed by atoms with Gasteiger partial charge in [-0.15, -0.1) is 0 Å². The largest absolute Gasteiger partial charge is 0.320 e. The number of carbonyl (C=O) groups excluding carboxylic acids is 1. The Labute approximate surface area is 129 Å². The summed E-state index contributed by atoms with van der Waals surface area (Å²) in [5.74, 6) is -0.229. The summed E-state index contributed by atoms with van der Waals surface area (Å²) in [5.41, 5.74) is 3.18. The molecule has 2 aromatic carbocycles. The van der Waals surface area contributed by atoms with Crippen LogP contribution < -0.4 is 5.32 Å². The van der Waals surface area contributed by atoms with Gasteiger partial charge in [0.15, 0.2) is 0 Å². The zero-order valence-electron chi connectivity index (χ0n) is 12.6. The van der Waals surface area contributed by atoms with Crippen molar-refractivity contribution < 1.29 is 9.72 Å². The fourth-order valence-electron chi connectivity index (χ4n) is 2.12. The molecule has 0 aliphatic rings. The molecule has 0 unspecified atom stereocenters. The highest BCUT2D eigenvalue weighted by molar-refractivity contribution is 5.93. The van der Waals surface area contributed by atoms with Crippen LogP contribution in [0, 0.1) is 24.0 Å². The van der Waals surface area contributed by atoms with E-state index in [1.165, 1.54) is 11.6 Å². The minimum atomic E-state index is -0.484. The summed E-state index contributed by atoms with van der Waals surface area (Å²) in [6.45, 7) is 3.78. The summed E-state index contributed by atoms with van der Waals surface area (Å²) >= 11 is 0. The van der Waals surface area contributed by atoms with Crippen molar-refractivity contribution in [1.29, 1.82) is 0 Å². The Balaban J connectivity index is 2.00. The number of anilines is 1. The fourth-order valence-corrected chi connectivity index (χ4v) is 2.12. The number of carbonyl (C=O) groups is 1. The van der Waals surface area contributed by atoms with Gasteiger partial charge in [0, 0.05) is 12.5 Å². The second kappa shape index (κ2) is 6.85. The van der Waals surface area contributed by atoms with Gasteiger partial charge in [0.05, 0.1) is 4.92 Å². The number of hydrogen-bond acceptors (Lipinski definition) is 3. The summed E-state index contributed by atoms with van der Waals surface area (Å²) in [7, 11) is 0. The SMILES string of the molecule is Cc1ccc(CCC(=O)Nc2ccc(C)cc2[N+](=O)[O-])cc1. The van der Waals surface area contributed by atoms with Crippen LogP contribution in [-0.4, -0.2) is 10.8 Å². The van der Waals surface area contributed by atoms with E-state index in [1.807, 2.05) is 31.2 Å². The molecule has 0 saturated carbocycles. The molecule has 0 spiro atoms. The van der Waals surface area contributed by atoms with E-state index in [0.717, 1.165) is 11.1 Å². The van der Waals surface area contributed by atoms with Gasteiger partial charge in [-0.05, 0) is 37.5 Å². The third kappa shape index (κ3) is 4.15. The van der Waals surface area contributed by atoms with Gasteiger partial charge in [0.2, 0.25) is 5.91 Å². The first-order chi connectivity index (χ1) is 10.5. The van der Waals surface area contributed by atoms with E-state index < -0.39 is 4.92 Å². The number of hydrogen-bond donors (Lipinski definition) is 1. The zero-order valence-corrected chi connectivity index (χ0v) is 12.6. The summed E-state index contributed by atoms with van der Waals surface area (Å²) < 4.78 is 0. The minimum Gasteiger partial charge on any atom is -0.320 e. The number of amides is 1. The van der Waals surface area contributed by atoms with Crippen LogP contribution in [0.15, 0.2) is 42.5 Å². The molecule has 0 radical (unpaired) electrons. The Morgan fingerprint density at radius 1 is 1.09 bits per heavy atom. The molecule has 0 fully saturated rings. The molecule has 0 heterocycles. The molecule has 0 aliphatic carbocycles. The van der Waals surface area contributed by atoms with Crippen molar-refractivity contribution in [2.24, 2.45) is 0 Å². The number of nitrogens with zero attached hydrogens (tertiary/aromatic N) is 1. The van der Waals surface area contributed by atoms with Crippen LogP contribution >= 0.6 is 0 Å². The van der Waals surface area contributed by atoms with E-state index in [-0.39, 0.29) is 23.7 Å². The molecule has 0 aliphatic heterocycles. The van der Waals surface area contributed by atoms with Crippen molar-refractivity contribution in [3.05, 3.63) is 69.3 Å². The molecule has 0 bridgehead atoms. The van der Waals surface area contributed by atoms with E-state index in [2.05, 4.69) is 5.32 Å². The first kappa shape index (κ1) is 15.7. The first-order valence-electron chi connectivity index (χ1n) is 7.06. The molecular formula is C17H18N2O3. The number of rotatable bonds is 5. The fraction of sp³-hybridized carbons (Fsp3) is 0.235. The maximum Gasteiger partial charge on any atom is 0.293 e. The van der Waals surface area contributed by atoms with Crippen molar-refractivity contribution in [2.75, 3.05) is 5.32 Å². The van der Waals surface area contributed by atoms with Crippen molar-refractivity contribution in [2.45, 2.75) is 26.7 Å². The molecule has 0 aromatic heterocycles. The monoisotopic (exact) mass is 298 g/mol. The lowest BCUT2D eigenvalue weighted by Crippen LogP contribution is -2.13. The van der Waals surface area contributed by atoms with Gasteiger partial charge >= 0.3 is 0 Å². The topological polar surface area (TPSA) is 72.2 Å². The summed E-state index contributed by atoms with van der Waals surface area (Å²) in [4.78, 5) is 22.5. The Morgan fingerprint density at radius 2 is 1.73 bits per heavy atom. The van der Waals surface area contributed by atoms with Gasteiger partial charge in [0.25, 0.3) is 5.69 Å². The second-order valence-electron chi connectivity index (χ2n) is 5.31. The first-order valence-corrected chi connectivity index (χ1v) is 7.06. The van der Waals surface area contributed by atoms with E-state index in [0.29, 0.717) is 6.42 Å². The van der Waals surface area contributed by atoms with Gasteiger partial charge in [-0.1, -0.05) is 35.9 Å². The van der Waals surface area contributed by atoms with Gasteiger partial charge in [0.1, 0.15) is 5.69 Å². The molecule has 5 heteroatoms. The Kier molecular flexibility index (Phi) is 4.88. The predicted molar refractivity (Wildman–Crippen MR) is 86.0 cm³/mol. The van der Waals surface area contributed by atoms with Gasteiger partial charge in [-0.2, -0.15) is 0 Å². The predicted octanol–water partition coefficient (Wildman–Crippen LogP) is 3.78. The standard InChI is InChI=1S/C17H18N2O3/c1-12-3-6-14(7-4-12)8-10-17(20)18-15-9-5-13(2)11-16(15)19(21)22/h3-7,9,11H,8,10H2,1-2H3,(H,18,20). The van der Waals surface area contributed by atoms with Gasteiger partial charge < -0.3 is 5.32 Å². The molecule has 1 N–H and O–H groups in total. The highest BCUT2D eigenvalue weighted by atomic mass is 16.6. The van der Waals surface area contributed by atoms with E-state index in [4.69, 9.17) is 0 Å². The van der Waals surface area contributed by atoms with Crippen molar-refractivity contribution >= 4 is 17.3 Å². The highest BCUT2D eigenvalue weighted by Crippen LogP contribution is 2.25. The lowest BCUT2D eigenvalue weighted by molar-refractivity contribution is -0.384. The lowest BCUT2D eigenvalue weighted by Gasteiger charge is -2.07. The van der Waals surface area contributed by atoms with Crippen molar-refractivity contribution in [3.8, 4) is 0 Å². The molecular weight excluding hydrogens is 280 g/mol. The molecule has 1 amide bonds. The van der Waals surface area contributed by atoms with Crippen LogP contribution in [0.5, 0.6) is 0 Å². The molecule has 2 aromatic rings. The van der Waals surface area contributed by atoms with Gasteiger partial charge in [-0.3, -0.25) is 14.9 Å². The Morgan fingerprint density at radius 3 is 2.36 bits per heavy atom. The number of benzene rings is 2. The van der Waals surface area contributed by atoms with Crippen LogP contribution in [0.2, 0.25) is 0 Å². The normalized spacial score (nSPS) is 10.3. The van der Waals surface area contributed by atoms with Crippen molar-refractivity contribution in [1.82, 2.24) is 0 Å². The smallest absolute Gasteiger partial charge is 0.293 e. The molecule has 114 valence electrons. The van der Waals surface area contributed by atoms with E-state index in [1.54, 1.807) is 19.1 Å². The summed E-state index contributed by atoms with van der Waals surface area (Å²) in [6, 6.07) is 12.7. The van der Waals surface area contributed by atoms with Crippen LogP contribution in [0.4, 0.5) is 11.4 Å². The number of nitro groups is 1. The Bertz CT molecular complexity index is 694. The van der Waals surface area contributed by atoms with Crippen LogP contribution in [0.25, 0.3) is 0 Å². The third-order valence-electron chi connectivity index (χ3n) is 3.39. The average Bonchev–Trinajstić information content (AvgIpc) is 2.48. The highest BCUT2D eigenvalue weighted by Gasteiger charge is 2.15. The number of nitro benzene ring substituents is 1. The molecule has 2 rings (SSSR count). The van der Waals surface area contributed by atoms with E-state index in [9.17, 15) is 14.9 Å². The maximum absolute atomic E-state index is 12.0. The van der Waals surface area contributed by atoms with Gasteiger partial charge in [-0.25, -0.2) is 0 Å². The van der Waals surface area contributed by atoms with Crippen LogP contribution in [0.1, 0.15) is 23.1 Å². The molecule has 22 heavy (non-hydrogen) atoms. The van der Waals surface area contributed by atoms with E-state index >= 15 is 0 Å². The lowest BCUT2D eigenvalue weighted by atomic mass is 10.1. The number of nitrogens with one attached hydrogen (secondary N) is 1. The van der Waals surface area contributed by atoms with Crippen molar-refractivity contribution in [3.63, 3.8) is 0 Å². The average molecular weight is 298 g/mol. The second-order valence-corrected chi connectivity index (χ2v) is 5.31. The summed E-state index contributed by atoms with van der Waals surface area (Å²) in [5, 5.41) is 13.6. The number of aryl methyl sites for hydroxylation is 3. The zero-order chi connectivity index (χ0) is 16.1. The molecule has 0 saturated heterocycles.